The number of Topliss-reactive ketones (excluding diaryl/α,β-unsaturated/α-hetero) is 1. The summed E-state index contributed by atoms with van der Waals surface area (Å²) in [6, 6.07) is 0. The van der Waals surface area contributed by atoms with E-state index < -0.39 is 11.3 Å². The molecule has 1 aliphatic rings. The normalized spacial score (nSPS) is 30.1. The van der Waals surface area contributed by atoms with Crippen molar-refractivity contribution >= 4 is 11.7 Å². The van der Waals surface area contributed by atoms with Gasteiger partial charge in [0.25, 0.3) is 5.91 Å². The fourth-order valence-corrected chi connectivity index (χ4v) is 1.67. The smallest absolute Gasteiger partial charge is 0.254 e. The number of hydrogen-bond donors (Lipinski definition) is 1. The first-order valence-corrected chi connectivity index (χ1v) is 4.94. The van der Waals surface area contributed by atoms with E-state index in [9.17, 15) is 9.59 Å². The van der Waals surface area contributed by atoms with Crippen LogP contribution in [0.2, 0.25) is 0 Å². The van der Waals surface area contributed by atoms with E-state index in [-0.39, 0.29) is 11.7 Å². The molecule has 0 radical (unpaired) electrons. The van der Waals surface area contributed by atoms with Crippen LogP contribution in [0.1, 0.15) is 40.5 Å². The SMILES string of the molecule is CCC1(CC)OC(C)(C(C)=O)NC1=O. The minimum absolute atomic E-state index is 0.172. The summed E-state index contributed by atoms with van der Waals surface area (Å²) >= 11 is 0. The number of ether oxygens (including phenoxy) is 1. The third-order valence-corrected chi connectivity index (χ3v) is 2.98. The van der Waals surface area contributed by atoms with Crippen molar-refractivity contribution in [2.24, 2.45) is 0 Å². The van der Waals surface area contributed by atoms with Crippen LogP contribution in [0.3, 0.4) is 0 Å². The zero-order valence-electron chi connectivity index (χ0n) is 9.14. The van der Waals surface area contributed by atoms with Crippen LogP contribution in [0.4, 0.5) is 0 Å². The van der Waals surface area contributed by atoms with Gasteiger partial charge in [-0.3, -0.25) is 9.59 Å². The molecule has 1 aliphatic heterocycles. The van der Waals surface area contributed by atoms with Crippen LogP contribution in [0.25, 0.3) is 0 Å². The lowest BCUT2D eigenvalue weighted by molar-refractivity contribution is -0.154. The molecule has 1 amide bonds. The zero-order chi connectivity index (χ0) is 11.0. The summed E-state index contributed by atoms with van der Waals surface area (Å²) in [7, 11) is 0. The molecule has 1 saturated heterocycles. The first kappa shape index (κ1) is 11.2. The second-order valence-electron chi connectivity index (χ2n) is 3.85. The number of rotatable bonds is 3. The van der Waals surface area contributed by atoms with E-state index in [1.165, 1.54) is 6.92 Å². The molecule has 0 aromatic heterocycles. The van der Waals surface area contributed by atoms with Gasteiger partial charge in [-0.05, 0) is 26.7 Å². The van der Waals surface area contributed by atoms with Gasteiger partial charge in [0.1, 0.15) is 5.60 Å². The van der Waals surface area contributed by atoms with Crippen LogP contribution in [0.5, 0.6) is 0 Å². The minimum Gasteiger partial charge on any atom is -0.332 e. The number of carbonyl (C=O) groups is 2. The lowest BCUT2D eigenvalue weighted by Gasteiger charge is -2.26. The molecule has 0 aromatic rings. The molecule has 4 nitrogen and oxygen atoms in total. The van der Waals surface area contributed by atoms with Crippen LogP contribution in [0.15, 0.2) is 0 Å². The third kappa shape index (κ3) is 1.43. The Morgan fingerprint density at radius 1 is 1.43 bits per heavy atom. The second-order valence-corrected chi connectivity index (χ2v) is 3.85. The lowest BCUT2D eigenvalue weighted by atomic mass is 9.97. The summed E-state index contributed by atoms with van der Waals surface area (Å²) in [5, 5.41) is 2.61. The molecule has 1 unspecified atom stereocenters. The highest BCUT2D eigenvalue weighted by atomic mass is 16.6. The van der Waals surface area contributed by atoms with Gasteiger partial charge in [0.15, 0.2) is 11.5 Å². The summed E-state index contributed by atoms with van der Waals surface area (Å²) in [5.41, 5.74) is -1.95. The topological polar surface area (TPSA) is 55.4 Å². The van der Waals surface area contributed by atoms with Crippen molar-refractivity contribution < 1.29 is 14.3 Å². The van der Waals surface area contributed by atoms with Gasteiger partial charge in [0.05, 0.1) is 0 Å². The standard InChI is InChI=1S/C10H17NO3/c1-5-10(6-2)8(13)11-9(4,14-10)7(3)12/h5-6H2,1-4H3,(H,11,13). The molecule has 4 heteroatoms. The maximum Gasteiger partial charge on any atom is 0.254 e. The number of ketones is 1. The summed E-state index contributed by atoms with van der Waals surface area (Å²) < 4.78 is 5.60. The summed E-state index contributed by atoms with van der Waals surface area (Å²) in [6.07, 6.45) is 1.16. The van der Waals surface area contributed by atoms with E-state index in [1.54, 1.807) is 6.92 Å². The van der Waals surface area contributed by atoms with Gasteiger partial charge in [-0.2, -0.15) is 0 Å². The van der Waals surface area contributed by atoms with Crippen molar-refractivity contribution in [3.63, 3.8) is 0 Å². The molecule has 1 fully saturated rings. The van der Waals surface area contributed by atoms with Crippen molar-refractivity contribution in [2.75, 3.05) is 0 Å². The molecule has 0 aromatic carbocycles. The average molecular weight is 199 g/mol. The van der Waals surface area contributed by atoms with Crippen LogP contribution in [-0.4, -0.2) is 23.0 Å². The molecule has 0 spiro atoms. The largest absolute Gasteiger partial charge is 0.332 e. The molecule has 1 rings (SSSR count). The Morgan fingerprint density at radius 2 is 1.93 bits per heavy atom. The van der Waals surface area contributed by atoms with Gasteiger partial charge in [-0.15, -0.1) is 0 Å². The van der Waals surface area contributed by atoms with Crippen LogP contribution < -0.4 is 5.32 Å². The first-order valence-electron chi connectivity index (χ1n) is 4.94. The number of carbonyl (C=O) groups excluding carboxylic acids is 2. The lowest BCUT2D eigenvalue weighted by Crippen LogP contribution is -2.45. The van der Waals surface area contributed by atoms with Gasteiger partial charge in [0.2, 0.25) is 0 Å². The Balaban J connectivity index is 2.98. The molecule has 14 heavy (non-hydrogen) atoms. The summed E-state index contributed by atoms with van der Waals surface area (Å²) in [4.78, 5) is 23.0. The zero-order valence-corrected chi connectivity index (χ0v) is 9.14. The van der Waals surface area contributed by atoms with Gasteiger partial charge < -0.3 is 10.1 Å². The third-order valence-electron chi connectivity index (χ3n) is 2.98. The Labute approximate surface area is 84.0 Å². The predicted octanol–water partition coefficient (Wildman–Crippen LogP) is 0.997. The summed E-state index contributed by atoms with van der Waals surface area (Å²) in [6.45, 7) is 6.78. The Hall–Kier alpha value is -0.900. The highest BCUT2D eigenvalue weighted by Crippen LogP contribution is 2.32. The Morgan fingerprint density at radius 3 is 2.14 bits per heavy atom. The molecule has 1 atom stereocenters. The number of hydrogen-bond acceptors (Lipinski definition) is 3. The molecule has 0 aliphatic carbocycles. The quantitative estimate of drug-likeness (QED) is 0.737. The second kappa shape index (κ2) is 3.35. The van der Waals surface area contributed by atoms with Crippen molar-refractivity contribution in [3.8, 4) is 0 Å². The monoisotopic (exact) mass is 199 g/mol. The highest BCUT2D eigenvalue weighted by molar-refractivity contribution is 5.96. The van der Waals surface area contributed by atoms with Gasteiger partial charge in [-0.25, -0.2) is 0 Å². The Kier molecular flexibility index (Phi) is 2.67. The highest BCUT2D eigenvalue weighted by Gasteiger charge is 2.53. The van der Waals surface area contributed by atoms with Gasteiger partial charge >= 0.3 is 0 Å². The van der Waals surface area contributed by atoms with Crippen LogP contribution in [0, 0.1) is 0 Å². The maximum absolute atomic E-state index is 11.7. The van der Waals surface area contributed by atoms with Crippen molar-refractivity contribution in [1.29, 1.82) is 0 Å². The minimum atomic E-state index is -1.14. The fraction of sp³-hybridized carbons (Fsp3) is 0.800. The summed E-state index contributed by atoms with van der Waals surface area (Å²) in [5.74, 6) is -0.352. The number of amides is 1. The van der Waals surface area contributed by atoms with Gasteiger partial charge in [-0.1, -0.05) is 13.8 Å². The molecule has 0 saturated carbocycles. The van der Waals surface area contributed by atoms with Crippen LogP contribution >= 0.6 is 0 Å². The molecule has 1 heterocycles. The van der Waals surface area contributed by atoms with Crippen molar-refractivity contribution in [2.45, 2.75) is 51.9 Å². The maximum atomic E-state index is 11.7. The predicted molar refractivity (Wildman–Crippen MR) is 51.6 cm³/mol. The van der Waals surface area contributed by atoms with E-state index in [4.69, 9.17) is 4.74 Å². The molecule has 1 N–H and O–H groups in total. The van der Waals surface area contributed by atoms with E-state index in [0.717, 1.165) is 0 Å². The van der Waals surface area contributed by atoms with E-state index >= 15 is 0 Å². The molecule has 80 valence electrons. The number of nitrogens with one attached hydrogen (secondary N) is 1. The van der Waals surface area contributed by atoms with Crippen LogP contribution in [-0.2, 0) is 14.3 Å². The molecule has 0 bridgehead atoms. The van der Waals surface area contributed by atoms with E-state index in [1.807, 2.05) is 13.8 Å². The van der Waals surface area contributed by atoms with E-state index in [0.29, 0.717) is 12.8 Å². The van der Waals surface area contributed by atoms with E-state index in [2.05, 4.69) is 5.32 Å². The molecular formula is C10H17NO3. The fourth-order valence-electron chi connectivity index (χ4n) is 1.67. The van der Waals surface area contributed by atoms with Crippen molar-refractivity contribution in [1.82, 2.24) is 5.32 Å². The first-order chi connectivity index (χ1) is 6.40. The molecular weight excluding hydrogens is 182 g/mol. The Bertz CT molecular complexity index is 271. The van der Waals surface area contributed by atoms with Crippen molar-refractivity contribution in [3.05, 3.63) is 0 Å². The van der Waals surface area contributed by atoms with Gasteiger partial charge in [0, 0.05) is 0 Å². The average Bonchev–Trinajstić information content (AvgIpc) is 2.40.